The molecule has 2 aromatic rings. The molecule has 2 aromatic heterocycles. The van der Waals surface area contributed by atoms with E-state index < -0.39 is 35.2 Å². The van der Waals surface area contributed by atoms with E-state index in [4.69, 9.17) is 16.3 Å². The lowest BCUT2D eigenvalue weighted by Gasteiger charge is -2.50. The number of nitrogens with zero attached hydrogens (tertiary/aromatic N) is 4. The zero-order valence-electron chi connectivity index (χ0n) is 19.1. The summed E-state index contributed by atoms with van der Waals surface area (Å²) in [5.74, 6) is -2.17. The highest BCUT2D eigenvalue weighted by molar-refractivity contribution is 8.01. The van der Waals surface area contributed by atoms with E-state index in [0.29, 0.717) is 11.3 Å². The van der Waals surface area contributed by atoms with Gasteiger partial charge < -0.3 is 31.5 Å². The topological polar surface area (TPSA) is 209 Å². The van der Waals surface area contributed by atoms with Crippen molar-refractivity contribution in [3.63, 3.8) is 0 Å². The summed E-state index contributed by atoms with van der Waals surface area (Å²) in [6, 6.07) is 1.75. The maximum absolute atomic E-state index is 12.9. The lowest BCUT2D eigenvalue weighted by Crippen LogP contribution is -2.71. The van der Waals surface area contributed by atoms with Crippen molar-refractivity contribution in [1.82, 2.24) is 15.2 Å². The van der Waals surface area contributed by atoms with Gasteiger partial charge in [-0.15, -0.1) is 40.3 Å². The number of carboxylic acid groups (broad SMARTS) is 1. The smallest absolute Gasteiger partial charge is 0.365 e. The summed E-state index contributed by atoms with van der Waals surface area (Å²) in [6.45, 7) is 0. The van der Waals surface area contributed by atoms with Crippen LogP contribution in [-0.2, 0) is 19.2 Å². The quantitative estimate of drug-likeness (QED) is 0.0881. The van der Waals surface area contributed by atoms with Gasteiger partial charge in [-0.05, 0) is 5.57 Å². The maximum Gasteiger partial charge on any atom is 0.365 e. The third-order valence-electron chi connectivity index (χ3n) is 5.14. The number of carboxylic acids is 1. The lowest BCUT2D eigenvalue weighted by molar-refractivity contribution is -0.641. The number of carbonyl (C=O) groups is 4. The molecule has 0 aromatic carbocycles. The van der Waals surface area contributed by atoms with Gasteiger partial charge in [0, 0.05) is 33.9 Å². The molecule has 4 heterocycles. The normalized spacial score (nSPS) is 19.1. The monoisotopic (exact) mass is 564 g/mol. The summed E-state index contributed by atoms with van der Waals surface area (Å²) in [5, 5.41) is 19.4. The molecule has 2 atom stereocenters. The Morgan fingerprint density at radius 1 is 1.38 bits per heavy atom. The average Bonchev–Trinajstić information content (AvgIpc) is 3.29. The molecule has 0 unspecified atom stereocenters. The Balaban J connectivity index is 1.45. The van der Waals surface area contributed by atoms with Gasteiger partial charge in [-0.2, -0.15) is 0 Å². The van der Waals surface area contributed by atoms with Gasteiger partial charge in [-0.25, -0.2) is 9.78 Å². The number of nitrogens with one attached hydrogen (secondary N) is 2. The summed E-state index contributed by atoms with van der Waals surface area (Å²) in [4.78, 5) is 59.4. The Morgan fingerprint density at radius 3 is 2.70 bits per heavy atom. The fraction of sp³-hybridized carbons (Fsp3) is 0.250. The summed E-state index contributed by atoms with van der Waals surface area (Å²) >= 11 is 3.79. The number of carbonyl (C=O) groups excluding carboxylic acids is 4. The van der Waals surface area contributed by atoms with Gasteiger partial charge in [0.05, 0.1) is 11.7 Å². The van der Waals surface area contributed by atoms with Gasteiger partial charge in [0.25, 0.3) is 11.8 Å². The molecule has 17 heteroatoms. The first kappa shape index (κ1) is 26.2. The second kappa shape index (κ2) is 11.1. The molecule has 6 N–H and O–H groups in total. The SMILES string of the molecule is CO/N=C(\C(=O)N[C@@H]1C(=O)N2C(C(=O)[O-])=C(CSc3cc[n+](NC(N)=O)cc3)CS[C@H]12)c1csc(N)n1. The van der Waals surface area contributed by atoms with Crippen LogP contribution in [-0.4, -0.2) is 69.4 Å². The van der Waals surface area contributed by atoms with E-state index in [-0.39, 0.29) is 28.0 Å². The van der Waals surface area contributed by atoms with Crippen LogP contribution in [0, 0.1) is 0 Å². The number of nitrogens with two attached hydrogens (primary N) is 2. The summed E-state index contributed by atoms with van der Waals surface area (Å²) < 4.78 is 1.37. The number of anilines is 1. The predicted molar refractivity (Wildman–Crippen MR) is 133 cm³/mol. The van der Waals surface area contributed by atoms with Crippen LogP contribution in [0.3, 0.4) is 0 Å². The average molecular weight is 565 g/mol. The fourth-order valence-corrected chi connectivity index (χ4v) is 6.48. The zero-order chi connectivity index (χ0) is 26.7. The van der Waals surface area contributed by atoms with Crippen molar-refractivity contribution >= 4 is 69.5 Å². The number of thiazole rings is 1. The van der Waals surface area contributed by atoms with Gasteiger partial charge >= 0.3 is 6.03 Å². The number of fused-ring (bicyclic) bond motifs is 1. The highest BCUT2D eigenvalue weighted by Gasteiger charge is 2.53. The fourth-order valence-electron chi connectivity index (χ4n) is 3.57. The van der Waals surface area contributed by atoms with E-state index in [1.54, 1.807) is 24.5 Å². The minimum Gasteiger partial charge on any atom is -0.543 e. The molecule has 2 aliphatic heterocycles. The van der Waals surface area contributed by atoms with Crippen LogP contribution in [0.5, 0.6) is 0 Å². The van der Waals surface area contributed by atoms with Crippen molar-refractivity contribution < 1.29 is 33.8 Å². The minimum atomic E-state index is -1.48. The zero-order valence-corrected chi connectivity index (χ0v) is 21.5. The van der Waals surface area contributed by atoms with Gasteiger partial charge in [0.1, 0.15) is 24.2 Å². The van der Waals surface area contributed by atoms with Crippen molar-refractivity contribution in [2.45, 2.75) is 16.3 Å². The van der Waals surface area contributed by atoms with Gasteiger partial charge in [0.15, 0.2) is 10.8 Å². The Morgan fingerprint density at radius 2 is 2.11 bits per heavy atom. The number of pyridine rings is 1. The van der Waals surface area contributed by atoms with Gasteiger partial charge in [-0.1, -0.05) is 9.83 Å². The van der Waals surface area contributed by atoms with Crippen LogP contribution in [0.1, 0.15) is 5.69 Å². The Bertz CT molecular complexity index is 1310. The maximum atomic E-state index is 12.9. The summed E-state index contributed by atoms with van der Waals surface area (Å²) in [7, 11) is 1.26. The number of primary amides is 1. The first-order valence-corrected chi connectivity index (χ1v) is 13.3. The number of oxime groups is 1. The first-order chi connectivity index (χ1) is 17.7. The van der Waals surface area contributed by atoms with Crippen LogP contribution in [0.25, 0.3) is 0 Å². The molecular formula is C20H20N8O6S3. The molecule has 0 bridgehead atoms. The number of aliphatic carboxylic acids is 1. The van der Waals surface area contributed by atoms with E-state index in [2.05, 4.69) is 20.9 Å². The standard InChI is InChI=1S/C20H20N8O6S3/c1-34-26-12(11-8-37-20(22)23-11)15(29)24-13-16(30)28-14(18(31)32)9(7-36-17(13)28)6-35-10-2-4-27(5-3-10)25-19(21)33/h2-5,8,13,17H,6-7H2,1H3,(H6-,21,22,23,24,25,29,31,32,33)/b26-12-/t13-,17-/m1/s1. The number of hydrogen-bond donors (Lipinski definition) is 4. The minimum absolute atomic E-state index is 0.162. The highest BCUT2D eigenvalue weighted by atomic mass is 32.2. The van der Waals surface area contributed by atoms with Gasteiger partial charge in [-0.3, -0.25) is 14.5 Å². The molecule has 4 amide bonds. The van der Waals surface area contributed by atoms with Crippen molar-refractivity contribution in [2.75, 3.05) is 29.8 Å². The molecule has 0 radical (unpaired) electrons. The lowest BCUT2D eigenvalue weighted by atomic mass is 10.0. The highest BCUT2D eigenvalue weighted by Crippen LogP contribution is 2.41. The van der Waals surface area contributed by atoms with Crippen LogP contribution < -0.4 is 32.0 Å². The molecule has 0 saturated carbocycles. The van der Waals surface area contributed by atoms with Gasteiger partial charge in [0.2, 0.25) is 12.4 Å². The molecule has 37 heavy (non-hydrogen) atoms. The number of aromatic nitrogens is 2. The van der Waals surface area contributed by atoms with Crippen LogP contribution in [0.4, 0.5) is 9.93 Å². The molecule has 0 spiro atoms. The third-order valence-corrected chi connectivity index (χ3v) is 8.25. The molecule has 14 nitrogen and oxygen atoms in total. The molecule has 1 saturated heterocycles. The first-order valence-electron chi connectivity index (χ1n) is 10.4. The van der Waals surface area contributed by atoms with E-state index in [1.165, 1.54) is 40.7 Å². The number of hydrogen-bond acceptors (Lipinski definition) is 12. The van der Waals surface area contributed by atoms with Crippen LogP contribution >= 0.6 is 34.9 Å². The van der Waals surface area contributed by atoms with E-state index >= 15 is 0 Å². The molecular weight excluding hydrogens is 544 g/mol. The van der Waals surface area contributed by atoms with Crippen molar-refractivity contribution in [3.8, 4) is 0 Å². The second-order valence-electron chi connectivity index (χ2n) is 7.50. The van der Waals surface area contributed by atoms with Crippen molar-refractivity contribution in [1.29, 1.82) is 0 Å². The van der Waals surface area contributed by atoms with Crippen molar-refractivity contribution in [2.24, 2.45) is 10.9 Å². The van der Waals surface area contributed by atoms with E-state index in [0.717, 1.165) is 21.1 Å². The molecule has 4 rings (SSSR count). The summed E-state index contributed by atoms with van der Waals surface area (Å²) in [6.07, 6.45) is 3.17. The number of amides is 4. The van der Waals surface area contributed by atoms with E-state index in [9.17, 15) is 24.3 Å². The number of urea groups is 1. The molecule has 1 fully saturated rings. The van der Waals surface area contributed by atoms with E-state index in [1.807, 2.05) is 0 Å². The second-order valence-corrected chi connectivity index (χ2v) is 10.5. The number of nitrogen functional groups attached to an aromatic ring is 1. The predicted octanol–water partition coefficient (Wildman–Crippen LogP) is -1.82. The Hall–Kier alpha value is -3.83. The van der Waals surface area contributed by atoms with Crippen LogP contribution in [0.2, 0.25) is 0 Å². The number of rotatable bonds is 9. The van der Waals surface area contributed by atoms with Crippen molar-refractivity contribution in [3.05, 3.63) is 46.9 Å². The molecule has 0 aliphatic carbocycles. The molecule has 194 valence electrons. The van der Waals surface area contributed by atoms with Crippen LogP contribution in [0.15, 0.2) is 51.2 Å². The molecule has 2 aliphatic rings. The Labute approximate surface area is 222 Å². The number of β-lactam (4-membered cyclic amide) rings is 1. The summed E-state index contributed by atoms with van der Waals surface area (Å²) in [5.41, 5.74) is 13.4. The third kappa shape index (κ3) is 5.62. The largest absolute Gasteiger partial charge is 0.543 e. The number of thioether (sulfide) groups is 2. The Kier molecular flexibility index (Phi) is 7.84.